The van der Waals surface area contributed by atoms with Crippen molar-refractivity contribution in [3.05, 3.63) is 46.6 Å². The number of carbonyl (C=O) groups is 2. The number of benzene rings is 1. The molecule has 0 radical (unpaired) electrons. The van der Waals surface area contributed by atoms with Crippen molar-refractivity contribution >= 4 is 40.9 Å². The molecule has 1 aromatic heterocycles. The van der Waals surface area contributed by atoms with Crippen molar-refractivity contribution in [1.29, 1.82) is 0 Å². The molecule has 2 heterocycles. The number of halogens is 2. The number of pyridine rings is 1. The third-order valence-corrected chi connectivity index (χ3v) is 5.78. The van der Waals surface area contributed by atoms with E-state index in [4.69, 9.17) is 23.2 Å². The minimum atomic E-state index is -1.33. The van der Waals surface area contributed by atoms with Gasteiger partial charge >= 0.3 is 6.09 Å². The maximum absolute atomic E-state index is 12.5. The number of anilines is 1. The van der Waals surface area contributed by atoms with Gasteiger partial charge in [-0.15, -0.1) is 0 Å². The molecule has 1 saturated heterocycles. The summed E-state index contributed by atoms with van der Waals surface area (Å²) in [6, 6.07) is 9.01. The van der Waals surface area contributed by atoms with Crippen LogP contribution in [0.15, 0.2) is 36.5 Å². The van der Waals surface area contributed by atoms with Crippen LogP contribution in [0.4, 0.5) is 10.6 Å². The van der Waals surface area contributed by atoms with Gasteiger partial charge in [-0.1, -0.05) is 29.3 Å². The molecule has 1 aromatic carbocycles. The zero-order valence-corrected chi connectivity index (χ0v) is 17.7. The van der Waals surface area contributed by atoms with E-state index in [1.807, 2.05) is 23.1 Å². The van der Waals surface area contributed by atoms with Crippen LogP contribution >= 0.6 is 23.2 Å². The average Bonchev–Trinajstić information content (AvgIpc) is 2.89. The van der Waals surface area contributed by atoms with Gasteiger partial charge in [0.1, 0.15) is 5.82 Å². The van der Waals surface area contributed by atoms with Crippen molar-refractivity contribution in [3.8, 4) is 11.1 Å². The Morgan fingerprint density at radius 3 is 2.52 bits per heavy atom. The van der Waals surface area contributed by atoms with Gasteiger partial charge < -0.3 is 10.0 Å². The van der Waals surface area contributed by atoms with E-state index in [1.165, 1.54) is 11.8 Å². The molecule has 1 amide bonds. The van der Waals surface area contributed by atoms with Crippen LogP contribution in [0.3, 0.4) is 0 Å². The molecule has 0 bridgehead atoms. The molecule has 3 rings (SSSR count). The van der Waals surface area contributed by atoms with Crippen LogP contribution in [0.1, 0.15) is 13.3 Å². The first-order valence-electron chi connectivity index (χ1n) is 9.15. The summed E-state index contributed by atoms with van der Waals surface area (Å²) in [5.74, 6) is 0.394. The Morgan fingerprint density at radius 2 is 1.97 bits per heavy atom. The second-order valence-electron chi connectivity index (χ2n) is 6.91. The smallest absolute Gasteiger partial charge is 0.409 e. The second kappa shape index (κ2) is 8.57. The Kier molecular flexibility index (Phi) is 6.31. The fraction of sp³-hybridized carbons (Fsp3) is 0.350. The zero-order valence-electron chi connectivity index (χ0n) is 16.2. The highest BCUT2D eigenvalue weighted by Crippen LogP contribution is 2.31. The van der Waals surface area contributed by atoms with E-state index in [9.17, 15) is 14.7 Å². The number of nitrogens with zero attached hydrogens (tertiary/aromatic N) is 3. The molecule has 9 heteroatoms. The summed E-state index contributed by atoms with van der Waals surface area (Å²) < 4.78 is 0. The van der Waals surface area contributed by atoms with Crippen molar-refractivity contribution < 1.29 is 14.7 Å². The summed E-state index contributed by atoms with van der Waals surface area (Å²) in [6.07, 6.45) is 1.16. The Labute approximate surface area is 179 Å². The lowest BCUT2D eigenvalue weighted by molar-refractivity contribution is -0.129. The molecule has 0 spiro atoms. The fourth-order valence-electron chi connectivity index (χ4n) is 3.65. The second-order valence-corrected chi connectivity index (χ2v) is 7.75. The van der Waals surface area contributed by atoms with Gasteiger partial charge in [0, 0.05) is 40.5 Å². The van der Waals surface area contributed by atoms with E-state index >= 15 is 0 Å². The van der Waals surface area contributed by atoms with E-state index in [0.29, 0.717) is 28.8 Å². The third-order valence-electron chi connectivity index (χ3n) is 5.23. The number of nitrogens with one attached hydrogen (secondary N) is 1. The van der Waals surface area contributed by atoms with Gasteiger partial charge in [0.25, 0.3) is 0 Å². The van der Waals surface area contributed by atoms with Gasteiger partial charge in [-0.3, -0.25) is 15.0 Å². The van der Waals surface area contributed by atoms with Gasteiger partial charge in [-0.25, -0.2) is 9.78 Å². The van der Waals surface area contributed by atoms with Crippen LogP contribution in [0.5, 0.6) is 0 Å². The number of likely N-dealkylation sites (N-methyl/N-ethyl adjacent to an activating group) is 1. The number of amides is 1. The van der Waals surface area contributed by atoms with Crippen molar-refractivity contribution in [2.24, 2.45) is 0 Å². The Hall–Kier alpha value is -2.35. The molecular weight excluding hydrogens is 415 g/mol. The number of hydrogen-bond acceptors (Lipinski definition) is 5. The SMILES string of the molecule is CNC1(C(C)=O)CN(c2ccc(-c3ccc(Cl)cc3Cl)cn2)CCCN1C(=O)O. The number of aromatic nitrogens is 1. The van der Waals surface area contributed by atoms with Crippen LogP contribution in [0.25, 0.3) is 11.1 Å². The maximum Gasteiger partial charge on any atom is 0.409 e. The summed E-state index contributed by atoms with van der Waals surface area (Å²) in [6.45, 7) is 2.40. The van der Waals surface area contributed by atoms with Gasteiger partial charge in [0.2, 0.25) is 0 Å². The molecule has 2 aromatic rings. The average molecular weight is 437 g/mol. The highest BCUT2D eigenvalue weighted by molar-refractivity contribution is 6.36. The fourth-order valence-corrected chi connectivity index (χ4v) is 4.17. The van der Waals surface area contributed by atoms with E-state index in [1.54, 1.807) is 25.4 Å². The number of Topliss-reactive ketones (excluding diaryl/α,β-unsaturated/α-hetero) is 1. The topological polar surface area (TPSA) is 85.8 Å². The van der Waals surface area contributed by atoms with Gasteiger partial charge in [-0.2, -0.15) is 0 Å². The van der Waals surface area contributed by atoms with Crippen molar-refractivity contribution in [2.75, 3.05) is 31.6 Å². The lowest BCUT2D eigenvalue weighted by Gasteiger charge is -2.40. The van der Waals surface area contributed by atoms with E-state index in [0.717, 1.165) is 11.1 Å². The lowest BCUT2D eigenvalue weighted by atomic mass is 10.0. The van der Waals surface area contributed by atoms with Gasteiger partial charge in [0.05, 0.1) is 6.54 Å². The molecule has 154 valence electrons. The Bertz CT molecular complexity index is 922. The van der Waals surface area contributed by atoms with Crippen LogP contribution in [0, 0.1) is 0 Å². The lowest BCUT2D eigenvalue weighted by Crippen LogP contribution is -2.67. The molecule has 0 aliphatic carbocycles. The van der Waals surface area contributed by atoms with Crippen LogP contribution in [-0.2, 0) is 4.79 Å². The number of hydrogen-bond donors (Lipinski definition) is 2. The van der Waals surface area contributed by atoms with E-state index in [-0.39, 0.29) is 18.9 Å². The first-order chi connectivity index (χ1) is 13.8. The summed E-state index contributed by atoms with van der Waals surface area (Å²) in [4.78, 5) is 31.9. The van der Waals surface area contributed by atoms with Gasteiger partial charge in [-0.05, 0) is 44.7 Å². The Morgan fingerprint density at radius 1 is 1.21 bits per heavy atom. The summed E-state index contributed by atoms with van der Waals surface area (Å²) in [5, 5.41) is 13.6. The van der Waals surface area contributed by atoms with Crippen molar-refractivity contribution in [3.63, 3.8) is 0 Å². The number of carbonyl (C=O) groups excluding carboxylic acids is 1. The molecule has 1 aliphatic rings. The minimum absolute atomic E-state index is 0.166. The highest BCUT2D eigenvalue weighted by Gasteiger charge is 2.46. The first-order valence-corrected chi connectivity index (χ1v) is 9.91. The maximum atomic E-state index is 12.5. The van der Waals surface area contributed by atoms with Crippen molar-refractivity contribution in [2.45, 2.75) is 19.0 Å². The molecule has 1 unspecified atom stereocenters. The molecule has 1 aliphatic heterocycles. The summed E-state index contributed by atoms with van der Waals surface area (Å²) in [7, 11) is 1.60. The minimum Gasteiger partial charge on any atom is -0.465 e. The molecule has 1 atom stereocenters. The highest BCUT2D eigenvalue weighted by atomic mass is 35.5. The first kappa shape index (κ1) is 21.4. The molecule has 1 fully saturated rings. The van der Waals surface area contributed by atoms with Crippen LogP contribution in [0.2, 0.25) is 10.0 Å². The molecule has 29 heavy (non-hydrogen) atoms. The molecule has 2 N–H and O–H groups in total. The van der Waals surface area contributed by atoms with Crippen LogP contribution < -0.4 is 10.2 Å². The predicted molar refractivity (Wildman–Crippen MR) is 114 cm³/mol. The van der Waals surface area contributed by atoms with Crippen LogP contribution in [-0.4, -0.2) is 59.2 Å². The quantitative estimate of drug-likeness (QED) is 0.758. The Balaban J connectivity index is 1.91. The van der Waals surface area contributed by atoms with E-state index in [2.05, 4.69) is 10.3 Å². The molecular formula is C20H22Cl2N4O3. The predicted octanol–water partition coefficient (Wildman–Crippen LogP) is 3.75. The normalized spacial score (nSPS) is 19.7. The molecule has 7 nitrogen and oxygen atoms in total. The number of rotatable bonds is 4. The standard InChI is InChI=1S/C20H22Cl2N4O3/c1-13(27)20(23-2)12-25(8-3-9-26(20)19(28)29)18-7-4-14(11-24-18)16-6-5-15(21)10-17(16)22/h4-7,10-11,23H,3,8-9,12H2,1-2H3,(H,28,29). The van der Waals surface area contributed by atoms with Crippen molar-refractivity contribution in [1.82, 2.24) is 15.2 Å². The third kappa shape index (κ3) is 4.17. The monoisotopic (exact) mass is 436 g/mol. The number of ketones is 1. The summed E-state index contributed by atoms with van der Waals surface area (Å²) >= 11 is 12.2. The zero-order chi connectivity index (χ0) is 21.2. The van der Waals surface area contributed by atoms with Gasteiger partial charge in [0.15, 0.2) is 11.4 Å². The largest absolute Gasteiger partial charge is 0.465 e. The number of carboxylic acid groups (broad SMARTS) is 1. The molecule has 0 saturated carbocycles. The summed E-state index contributed by atoms with van der Waals surface area (Å²) in [5.41, 5.74) is 0.322. The van der Waals surface area contributed by atoms with E-state index < -0.39 is 11.8 Å².